The molecule has 4 nitrogen and oxygen atoms in total. The topological polar surface area (TPSA) is 44.8 Å². The highest BCUT2D eigenvalue weighted by Crippen LogP contribution is 2.43. The molecule has 4 heteroatoms. The Kier molecular flexibility index (Phi) is 4.12. The first-order chi connectivity index (χ1) is 12.1. The minimum atomic E-state index is -0.189. The lowest BCUT2D eigenvalue weighted by Gasteiger charge is -2.27. The van der Waals surface area contributed by atoms with Crippen LogP contribution in [0.2, 0.25) is 0 Å². The smallest absolute Gasteiger partial charge is 0.333 e. The molecule has 0 N–H and O–H groups in total. The number of hydrogen-bond acceptors (Lipinski definition) is 4. The number of carbonyl (C=O) groups is 1. The van der Waals surface area contributed by atoms with Gasteiger partial charge in [-0.15, -0.1) is 0 Å². The molecule has 2 unspecified atom stereocenters. The zero-order valence-corrected chi connectivity index (χ0v) is 14.6. The van der Waals surface area contributed by atoms with Gasteiger partial charge in [-0.1, -0.05) is 42.8 Å². The highest BCUT2D eigenvalue weighted by atomic mass is 16.7. The number of allylic oxidation sites excluding steroid dienone is 3. The van der Waals surface area contributed by atoms with Crippen molar-refractivity contribution in [2.24, 2.45) is 5.92 Å². The number of carbonyl (C=O) groups excluding carboxylic acids is 1. The molecular formula is C21H22O4. The summed E-state index contributed by atoms with van der Waals surface area (Å²) in [6, 6.07) is 8.58. The fourth-order valence-electron chi connectivity index (χ4n) is 3.75. The monoisotopic (exact) mass is 338 g/mol. The van der Waals surface area contributed by atoms with Crippen LogP contribution in [0.5, 0.6) is 0 Å². The molecule has 0 amide bonds. The molecule has 0 radical (unpaired) electrons. The van der Waals surface area contributed by atoms with Crippen molar-refractivity contribution in [2.45, 2.75) is 32.6 Å². The molecule has 0 saturated carbocycles. The van der Waals surface area contributed by atoms with Gasteiger partial charge in [0.15, 0.2) is 11.5 Å². The van der Waals surface area contributed by atoms with Crippen molar-refractivity contribution in [1.29, 1.82) is 0 Å². The molecular weight excluding hydrogens is 316 g/mol. The van der Waals surface area contributed by atoms with Crippen LogP contribution < -0.4 is 0 Å². The maximum absolute atomic E-state index is 11.9. The van der Waals surface area contributed by atoms with Gasteiger partial charge in [-0.2, -0.15) is 0 Å². The molecule has 130 valence electrons. The maximum atomic E-state index is 11.9. The zero-order chi connectivity index (χ0) is 17.4. The Morgan fingerprint density at radius 1 is 1.16 bits per heavy atom. The maximum Gasteiger partial charge on any atom is 0.333 e. The second kappa shape index (κ2) is 6.43. The summed E-state index contributed by atoms with van der Waals surface area (Å²) in [7, 11) is 0. The predicted molar refractivity (Wildman–Crippen MR) is 93.5 cm³/mol. The molecule has 1 aromatic rings. The Balaban J connectivity index is 1.74. The van der Waals surface area contributed by atoms with Crippen LogP contribution in [0.4, 0.5) is 0 Å². The summed E-state index contributed by atoms with van der Waals surface area (Å²) in [5.74, 6) is 1.79. The molecule has 2 fully saturated rings. The largest absolute Gasteiger partial charge is 0.462 e. The number of benzene rings is 1. The molecule has 1 aromatic carbocycles. The van der Waals surface area contributed by atoms with E-state index in [0.29, 0.717) is 13.0 Å². The fourth-order valence-corrected chi connectivity index (χ4v) is 3.75. The quantitative estimate of drug-likeness (QED) is 0.614. The third-order valence-electron chi connectivity index (χ3n) is 5.17. The highest BCUT2D eigenvalue weighted by Gasteiger charge is 2.34. The van der Waals surface area contributed by atoms with Crippen molar-refractivity contribution in [3.05, 3.63) is 70.2 Å². The number of fused-ring (bicyclic) bond motifs is 1. The summed E-state index contributed by atoms with van der Waals surface area (Å²) in [5, 5.41) is 0. The van der Waals surface area contributed by atoms with E-state index in [2.05, 4.69) is 50.3 Å². The van der Waals surface area contributed by atoms with Crippen LogP contribution in [-0.2, 0) is 19.0 Å². The first kappa shape index (κ1) is 16.0. The van der Waals surface area contributed by atoms with Gasteiger partial charge in [-0.25, -0.2) is 4.79 Å². The minimum absolute atomic E-state index is 0.123. The molecule has 2 aliphatic heterocycles. The van der Waals surface area contributed by atoms with Gasteiger partial charge < -0.3 is 14.2 Å². The standard InChI is InChI=1S/C21H22O4/c1-13-3-5-15(6-4-13)14(2)19-16(11-17-9-10-23-21(17)22)7-8-18-20(19)25-12-24-18/h3-6,8,11,14,16H,7,9-10,12H2,1-2H3/b17-11+. The van der Waals surface area contributed by atoms with Crippen LogP contribution in [0.15, 0.2) is 59.1 Å². The average Bonchev–Trinajstić information content (AvgIpc) is 3.24. The lowest BCUT2D eigenvalue weighted by atomic mass is 9.78. The zero-order valence-electron chi connectivity index (χ0n) is 14.6. The minimum Gasteiger partial charge on any atom is -0.462 e. The van der Waals surface area contributed by atoms with Crippen LogP contribution >= 0.6 is 0 Å². The van der Waals surface area contributed by atoms with Crippen molar-refractivity contribution in [3.8, 4) is 0 Å². The van der Waals surface area contributed by atoms with Crippen LogP contribution in [0, 0.1) is 12.8 Å². The van der Waals surface area contributed by atoms with E-state index in [4.69, 9.17) is 14.2 Å². The molecule has 25 heavy (non-hydrogen) atoms. The Labute approximate surface area is 147 Å². The summed E-state index contributed by atoms with van der Waals surface area (Å²) in [5.41, 5.74) is 4.44. The molecule has 2 saturated heterocycles. The lowest BCUT2D eigenvalue weighted by Crippen LogP contribution is -2.16. The lowest BCUT2D eigenvalue weighted by molar-refractivity contribution is -0.135. The van der Waals surface area contributed by atoms with E-state index in [0.717, 1.165) is 23.5 Å². The van der Waals surface area contributed by atoms with E-state index in [9.17, 15) is 4.79 Å². The molecule has 0 aromatic heterocycles. The number of esters is 1. The summed E-state index contributed by atoms with van der Waals surface area (Å²) >= 11 is 0. The molecule has 3 aliphatic rings. The fraction of sp³-hybridized carbons (Fsp3) is 0.381. The summed E-state index contributed by atoms with van der Waals surface area (Å²) in [6.07, 6.45) is 5.63. The summed E-state index contributed by atoms with van der Waals surface area (Å²) in [4.78, 5) is 11.9. The molecule has 1 aliphatic carbocycles. The van der Waals surface area contributed by atoms with E-state index in [1.807, 2.05) is 0 Å². The third-order valence-corrected chi connectivity index (χ3v) is 5.17. The van der Waals surface area contributed by atoms with E-state index in [1.54, 1.807) is 0 Å². The van der Waals surface area contributed by atoms with Crippen LogP contribution in [-0.4, -0.2) is 19.4 Å². The van der Waals surface area contributed by atoms with Gasteiger partial charge in [0.2, 0.25) is 6.79 Å². The van der Waals surface area contributed by atoms with Crippen LogP contribution in [0.1, 0.15) is 36.8 Å². The van der Waals surface area contributed by atoms with Gasteiger partial charge in [-0.3, -0.25) is 0 Å². The molecule has 2 heterocycles. The van der Waals surface area contributed by atoms with Gasteiger partial charge in [0.05, 0.1) is 6.61 Å². The molecule has 2 atom stereocenters. The molecule has 0 spiro atoms. The first-order valence-corrected chi connectivity index (χ1v) is 8.78. The van der Waals surface area contributed by atoms with E-state index in [1.165, 1.54) is 16.7 Å². The summed E-state index contributed by atoms with van der Waals surface area (Å²) < 4.78 is 16.5. The second-order valence-electron chi connectivity index (χ2n) is 6.81. The van der Waals surface area contributed by atoms with Crippen LogP contribution in [0.3, 0.4) is 0 Å². The number of cyclic esters (lactones) is 1. The number of rotatable bonds is 3. The second-order valence-corrected chi connectivity index (χ2v) is 6.81. The highest BCUT2D eigenvalue weighted by molar-refractivity contribution is 5.90. The number of hydrogen-bond donors (Lipinski definition) is 0. The van der Waals surface area contributed by atoms with Crippen LogP contribution in [0.25, 0.3) is 0 Å². The third kappa shape index (κ3) is 2.97. The number of aryl methyl sites for hydroxylation is 1. The van der Waals surface area contributed by atoms with Crippen molar-refractivity contribution in [2.75, 3.05) is 13.4 Å². The average molecular weight is 338 g/mol. The Hall–Kier alpha value is -2.49. The Morgan fingerprint density at radius 2 is 1.96 bits per heavy atom. The van der Waals surface area contributed by atoms with E-state index >= 15 is 0 Å². The van der Waals surface area contributed by atoms with Gasteiger partial charge in [-0.05, 0) is 30.6 Å². The van der Waals surface area contributed by atoms with Gasteiger partial charge in [0.25, 0.3) is 0 Å². The summed E-state index contributed by atoms with van der Waals surface area (Å²) in [6.45, 7) is 5.02. The van der Waals surface area contributed by atoms with E-state index in [-0.39, 0.29) is 24.6 Å². The van der Waals surface area contributed by atoms with Gasteiger partial charge in [0.1, 0.15) is 0 Å². The first-order valence-electron chi connectivity index (χ1n) is 8.78. The Morgan fingerprint density at radius 3 is 2.68 bits per heavy atom. The SMILES string of the molecule is Cc1ccc(C(C)C2=C3OCOC3=CCC2/C=C2\CCOC2=O)cc1. The van der Waals surface area contributed by atoms with Crippen molar-refractivity contribution >= 4 is 5.97 Å². The van der Waals surface area contributed by atoms with Crippen molar-refractivity contribution in [1.82, 2.24) is 0 Å². The Bertz CT molecular complexity index is 783. The van der Waals surface area contributed by atoms with Gasteiger partial charge in [0, 0.05) is 23.8 Å². The van der Waals surface area contributed by atoms with E-state index < -0.39 is 0 Å². The number of ether oxygens (including phenoxy) is 3. The normalized spacial score (nSPS) is 25.2. The van der Waals surface area contributed by atoms with Crippen molar-refractivity contribution in [3.63, 3.8) is 0 Å². The predicted octanol–water partition coefficient (Wildman–Crippen LogP) is 4.13. The molecule has 4 rings (SSSR count). The molecule has 0 bridgehead atoms. The van der Waals surface area contributed by atoms with Crippen molar-refractivity contribution < 1.29 is 19.0 Å². The van der Waals surface area contributed by atoms with Gasteiger partial charge >= 0.3 is 5.97 Å².